The third kappa shape index (κ3) is 2.78. The van der Waals surface area contributed by atoms with Gasteiger partial charge in [-0.15, -0.1) is 11.8 Å². The summed E-state index contributed by atoms with van der Waals surface area (Å²) < 4.78 is 0. The summed E-state index contributed by atoms with van der Waals surface area (Å²) in [6, 6.07) is 0. The van der Waals surface area contributed by atoms with E-state index in [1.165, 1.54) is 32.1 Å². The molecule has 0 N–H and O–H groups in total. The van der Waals surface area contributed by atoms with E-state index in [1.807, 2.05) is 0 Å². The fourth-order valence-corrected chi connectivity index (χ4v) is 3.19. The second-order valence-corrected chi connectivity index (χ2v) is 5.59. The molecule has 1 atom stereocenters. The Labute approximate surface area is 91.2 Å². The quantitative estimate of drug-likeness (QED) is 0.601. The second kappa shape index (κ2) is 4.88. The van der Waals surface area contributed by atoms with Gasteiger partial charge in [-0.25, -0.2) is 0 Å². The molecule has 0 saturated carbocycles. The molecule has 2 aliphatic carbocycles. The Kier molecular flexibility index (Phi) is 3.52. The molecule has 2 rings (SSSR count). The van der Waals surface area contributed by atoms with Crippen LogP contribution in [-0.4, -0.2) is 5.25 Å². The van der Waals surface area contributed by atoms with Crippen LogP contribution >= 0.6 is 11.8 Å². The van der Waals surface area contributed by atoms with E-state index in [4.69, 9.17) is 0 Å². The van der Waals surface area contributed by atoms with Gasteiger partial charge in [-0.2, -0.15) is 0 Å². The first-order chi connectivity index (χ1) is 6.84. The van der Waals surface area contributed by atoms with Crippen molar-refractivity contribution in [2.24, 2.45) is 0 Å². The molecular weight excluding hydrogens is 188 g/mol. The van der Waals surface area contributed by atoms with Crippen molar-refractivity contribution in [3.05, 3.63) is 34.8 Å². The number of thioether (sulfide) groups is 1. The molecule has 0 nitrogen and oxygen atoms in total. The van der Waals surface area contributed by atoms with Crippen LogP contribution in [0, 0.1) is 0 Å². The van der Waals surface area contributed by atoms with Gasteiger partial charge in [0.2, 0.25) is 0 Å². The number of allylic oxidation sites excluding steroid dienone is 6. The van der Waals surface area contributed by atoms with E-state index in [0.29, 0.717) is 0 Å². The second-order valence-electron chi connectivity index (χ2n) is 4.16. The van der Waals surface area contributed by atoms with E-state index in [9.17, 15) is 0 Å². The van der Waals surface area contributed by atoms with Crippen molar-refractivity contribution in [1.29, 1.82) is 0 Å². The number of hydrogen-bond acceptors (Lipinski definition) is 1. The molecule has 0 fully saturated rings. The minimum absolute atomic E-state index is 0.844. The molecule has 0 amide bonds. The van der Waals surface area contributed by atoms with Crippen molar-refractivity contribution >= 4 is 11.8 Å². The molecule has 0 radical (unpaired) electrons. The minimum Gasteiger partial charge on any atom is -0.127 e. The summed E-state index contributed by atoms with van der Waals surface area (Å²) in [5.74, 6) is 0. The van der Waals surface area contributed by atoms with Gasteiger partial charge in [0.15, 0.2) is 0 Å². The van der Waals surface area contributed by atoms with E-state index >= 15 is 0 Å². The summed E-state index contributed by atoms with van der Waals surface area (Å²) in [5.41, 5.74) is 1.58. The van der Waals surface area contributed by atoms with Crippen LogP contribution in [0.1, 0.15) is 39.0 Å². The summed E-state index contributed by atoms with van der Waals surface area (Å²) in [6.45, 7) is 2.25. The lowest BCUT2D eigenvalue weighted by atomic mass is 10.0. The van der Waals surface area contributed by atoms with Crippen LogP contribution < -0.4 is 0 Å². The van der Waals surface area contributed by atoms with E-state index in [0.717, 1.165) is 5.25 Å². The number of rotatable bonds is 2. The van der Waals surface area contributed by atoms with E-state index in [-0.39, 0.29) is 0 Å². The molecule has 0 aromatic carbocycles. The SMILES string of the molecule is CC1=CCC(SC2=CC=CCC2)CC1. The summed E-state index contributed by atoms with van der Waals surface area (Å²) in [4.78, 5) is 1.59. The van der Waals surface area contributed by atoms with Crippen molar-refractivity contribution in [2.75, 3.05) is 0 Å². The Hall–Kier alpha value is -0.430. The lowest BCUT2D eigenvalue weighted by molar-refractivity contribution is 0.719. The van der Waals surface area contributed by atoms with Crippen LogP contribution in [-0.2, 0) is 0 Å². The molecular formula is C13H18S. The lowest BCUT2D eigenvalue weighted by Gasteiger charge is -2.21. The lowest BCUT2D eigenvalue weighted by Crippen LogP contribution is -2.07. The average molecular weight is 206 g/mol. The van der Waals surface area contributed by atoms with Gasteiger partial charge in [-0.05, 0) is 43.9 Å². The molecule has 0 aliphatic heterocycles. The van der Waals surface area contributed by atoms with Crippen molar-refractivity contribution in [2.45, 2.75) is 44.3 Å². The fourth-order valence-electron chi connectivity index (χ4n) is 1.94. The van der Waals surface area contributed by atoms with Crippen molar-refractivity contribution in [1.82, 2.24) is 0 Å². The largest absolute Gasteiger partial charge is 0.127 e. The summed E-state index contributed by atoms with van der Waals surface area (Å²) in [6.07, 6.45) is 15.6. The van der Waals surface area contributed by atoms with Gasteiger partial charge in [0, 0.05) is 5.25 Å². The maximum absolute atomic E-state index is 2.42. The monoisotopic (exact) mass is 206 g/mol. The third-order valence-electron chi connectivity index (χ3n) is 2.88. The summed E-state index contributed by atoms with van der Waals surface area (Å²) >= 11 is 2.11. The maximum Gasteiger partial charge on any atom is 0.0129 e. The molecule has 0 aromatic heterocycles. The van der Waals surface area contributed by atoms with Gasteiger partial charge in [0.05, 0.1) is 0 Å². The predicted octanol–water partition coefficient (Wildman–Crippen LogP) is 4.45. The topological polar surface area (TPSA) is 0 Å². The first-order valence-corrected chi connectivity index (χ1v) is 6.40. The molecule has 1 heteroatoms. The zero-order valence-corrected chi connectivity index (χ0v) is 9.65. The van der Waals surface area contributed by atoms with Crippen LogP contribution in [0.5, 0.6) is 0 Å². The zero-order valence-electron chi connectivity index (χ0n) is 8.83. The van der Waals surface area contributed by atoms with E-state index < -0.39 is 0 Å². The minimum atomic E-state index is 0.844. The molecule has 0 bridgehead atoms. The summed E-state index contributed by atoms with van der Waals surface area (Å²) in [7, 11) is 0. The van der Waals surface area contributed by atoms with E-state index in [2.05, 4.69) is 43.0 Å². The van der Waals surface area contributed by atoms with Crippen LogP contribution in [0.2, 0.25) is 0 Å². The number of hydrogen-bond donors (Lipinski definition) is 0. The molecule has 0 aromatic rings. The Morgan fingerprint density at radius 1 is 1.36 bits per heavy atom. The molecule has 0 saturated heterocycles. The predicted molar refractivity (Wildman–Crippen MR) is 65.4 cm³/mol. The Morgan fingerprint density at radius 3 is 2.93 bits per heavy atom. The Morgan fingerprint density at radius 2 is 2.29 bits per heavy atom. The van der Waals surface area contributed by atoms with Gasteiger partial charge < -0.3 is 0 Å². The van der Waals surface area contributed by atoms with Gasteiger partial charge in [-0.3, -0.25) is 0 Å². The van der Waals surface area contributed by atoms with Gasteiger partial charge in [0.1, 0.15) is 0 Å². The summed E-state index contributed by atoms with van der Waals surface area (Å²) in [5, 5.41) is 0.844. The zero-order chi connectivity index (χ0) is 9.80. The van der Waals surface area contributed by atoms with Crippen molar-refractivity contribution < 1.29 is 0 Å². The average Bonchev–Trinajstić information content (AvgIpc) is 2.23. The maximum atomic E-state index is 2.42. The smallest absolute Gasteiger partial charge is 0.0129 e. The van der Waals surface area contributed by atoms with Crippen molar-refractivity contribution in [3.63, 3.8) is 0 Å². The van der Waals surface area contributed by atoms with Gasteiger partial charge in [-0.1, -0.05) is 29.9 Å². The first-order valence-electron chi connectivity index (χ1n) is 5.52. The van der Waals surface area contributed by atoms with Crippen LogP contribution in [0.15, 0.2) is 34.8 Å². The van der Waals surface area contributed by atoms with Crippen LogP contribution in [0.25, 0.3) is 0 Å². The Balaban J connectivity index is 1.86. The van der Waals surface area contributed by atoms with Crippen molar-refractivity contribution in [3.8, 4) is 0 Å². The molecule has 0 heterocycles. The van der Waals surface area contributed by atoms with Crippen LogP contribution in [0.3, 0.4) is 0 Å². The fraction of sp³-hybridized carbons (Fsp3) is 0.538. The highest BCUT2D eigenvalue weighted by Crippen LogP contribution is 2.35. The highest BCUT2D eigenvalue weighted by Gasteiger charge is 2.14. The standard InChI is InChI=1S/C13H18S/c1-11-7-9-13(10-8-11)14-12-5-3-2-4-6-12/h2-3,5,7,13H,4,6,8-10H2,1H3. The molecule has 1 unspecified atom stereocenters. The molecule has 2 aliphatic rings. The van der Waals surface area contributed by atoms with E-state index in [1.54, 1.807) is 10.5 Å². The molecule has 14 heavy (non-hydrogen) atoms. The van der Waals surface area contributed by atoms with Gasteiger partial charge >= 0.3 is 0 Å². The first kappa shape index (κ1) is 10.1. The molecule has 76 valence electrons. The highest BCUT2D eigenvalue weighted by molar-refractivity contribution is 8.03. The van der Waals surface area contributed by atoms with Crippen LogP contribution in [0.4, 0.5) is 0 Å². The highest BCUT2D eigenvalue weighted by atomic mass is 32.2. The molecule has 0 spiro atoms. The third-order valence-corrected chi connectivity index (χ3v) is 4.29. The Bertz CT molecular complexity index is 284. The normalized spacial score (nSPS) is 27.1. The van der Waals surface area contributed by atoms with Gasteiger partial charge in [0.25, 0.3) is 0 Å².